The number of ether oxygens (including phenoxy) is 3. The number of fused-ring (bicyclic) bond motifs is 1. The minimum absolute atomic E-state index is 0.0253. The molecule has 4 heterocycles. The lowest BCUT2D eigenvalue weighted by atomic mass is 9.97. The van der Waals surface area contributed by atoms with Crippen molar-refractivity contribution in [3.05, 3.63) is 119 Å². The molecule has 2 aromatic carbocycles. The maximum atomic E-state index is 14.1. The maximum Gasteiger partial charge on any atom is 0.573 e. The number of aliphatic hydroxyl groups is 3. The molecule has 3 aromatic heterocycles. The van der Waals surface area contributed by atoms with Crippen molar-refractivity contribution >= 4 is 22.7 Å². The van der Waals surface area contributed by atoms with Crippen LogP contribution in [0.1, 0.15) is 36.8 Å². The SMILES string of the molecule is CC(=O)C1OC(Oc2ccc(-n3c([C@@H](C)N(Cc4cccnc4)C(=O)Cc4ccc(OC(F)(F)F)cc4)nc4ncccc4c3=O)cc2)C(O)C(O)C1O. The number of Topliss-reactive ketones (excluding diaryl/α,β-unsaturated/α-hetero) is 1. The van der Waals surface area contributed by atoms with Crippen molar-refractivity contribution in [2.75, 3.05) is 0 Å². The standard InChI is InChI=1S/C37H34F3N5O9/c1-20(44(19-23-5-3-15-41-18-23)28(47)17-22-7-11-26(12-8-22)54-37(38,39)40)34-43-33-27(6-4-16-42-33)35(51)45(34)24-9-13-25(14-10-24)52-36-31(50)29(48)30(49)32(53-36)21(2)46/h3-16,18,20,29-32,36,48-50H,17,19H2,1-2H3/t20-,29?,30?,31?,32?,36?/m1/s1. The third kappa shape index (κ3) is 8.39. The number of carbonyl (C=O) groups excluding carboxylic acids is 2. The number of amides is 1. The van der Waals surface area contributed by atoms with E-state index in [1.54, 1.807) is 43.6 Å². The van der Waals surface area contributed by atoms with E-state index < -0.39 is 66.1 Å². The van der Waals surface area contributed by atoms with Crippen molar-refractivity contribution in [3.63, 3.8) is 0 Å². The van der Waals surface area contributed by atoms with Crippen molar-refractivity contribution in [1.82, 2.24) is 24.4 Å². The average Bonchev–Trinajstić information content (AvgIpc) is 3.14. The van der Waals surface area contributed by atoms with E-state index in [0.717, 1.165) is 19.1 Å². The molecule has 1 aliphatic heterocycles. The van der Waals surface area contributed by atoms with E-state index in [1.807, 2.05) is 0 Å². The molecule has 282 valence electrons. The molecule has 0 aliphatic carbocycles. The topological polar surface area (TPSA) is 186 Å². The van der Waals surface area contributed by atoms with Crippen molar-refractivity contribution in [1.29, 1.82) is 0 Å². The van der Waals surface area contributed by atoms with Crippen LogP contribution in [0.2, 0.25) is 0 Å². The van der Waals surface area contributed by atoms with E-state index in [9.17, 15) is 42.9 Å². The highest BCUT2D eigenvalue weighted by molar-refractivity contribution is 5.81. The van der Waals surface area contributed by atoms with Crippen molar-refractivity contribution in [3.8, 4) is 17.2 Å². The van der Waals surface area contributed by atoms with Gasteiger partial charge in [-0.3, -0.25) is 23.9 Å². The van der Waals surface area contributed by atoms with Crippen LogP contribution in [0.5, 0.6) is 11.5 Å². The van der Waals surface area contributed by atoms with Gasteiger partial charge in [0.2, 0.25) is 12.2 Å². The molecule has 54 heavy (non-hydrogen) atoms. The van der Waals surface area contributed by atoms with Gasteiger partial charge in [0, 0.05) is 25.1 Å². The quantitative estimate of drug-likeness (QED) is 0.179. The number of hydrogen-bond donors (Lipinski definition) is 3. The van der Waals surface area contributed by atoms with Crippen LogP contribution in [-0.2, 0) is 27.3 Å². The molecule has 0 saturated carbocycles. The first-order valence-corrected chi connectivity index (χ1v) is 16.6. The molecule has 3 N–H and O–H groups in total. The zero-order valence-electron chi connectivity index (χ0n) is 28.7. The number of aliphatic hydroxyl groups excluding tert-OH is 3. The summed E-state index contributed by atoms with van der Waals surface area (Å²) >= 11 is 0. The Bertz CT molecular complexity index is 2170. The molecule has 1 fully saturated rings. The molecule has 0 spiro atoms. The van der Waals surface area contributed by atoms with Gasteiger partial charge >= 0.3 is 6.36 Å². The van der Waals surface area contributed by atoms with Gasteiger partial charge in [0.05, 0.1) is 23.5 Å². The van der Waals surface area contributed by atoms with Crippen LogP contribution in [0.3, 0.4) is 0 Å². The van der Waals surface area contributed by atoms with Crippen molar-refractivity contribution in [2.24, 2.45) is 0 Å². The lowest BCUT2D eigenvalue weighted by molar-refractivity contribution is -0.274. The molecule has 0 radical (unpaired) electrons. The summed E-state index contributed by atoms with van der Waals surface area (Å²) in [6.45, 7) is 2.86. The summed E-state index contributed by atoms with van der Waals surface area (Å²) in [5.41, 5.74) is 0.966. The highest BCUT2D eigenvalue weighted by Gasteiger charge is 2.46. The summed E-state index contributed by atoms with van der Waals surface area (Å²) in [5, 5.41) is 31.1. The molecule has 6 atom stereocenters. The van der Waals surface area contributed by atoms with Crippen molar-refractivity contribution in [2.45, 2.75) is 69.9 Å². The highest BCUT2D eigenvalue weighted by atomic mass is 19.4. The number of halogens is 3. The Hall–Kier alpha value is -5.75. The predicted molar refractivity (Wildman–Crippen MR) is 183 cm³/mol. The summed E-state index contributed by atoms with van der Waals surface area (Å²) in [5.74, 6) is -1.22. The second kappa shape index (κ2) is 15.7. The first kappa shape index (κ1) is 38.0. The van der Waals surface area contributed by atoms with Gasteiger partial charge in [0.15, 0.2) is 11.4 Å². The molecule has 5 aromatic rings. The smallest absolute Gasteiger partial charge is 0.462 e. The van der Waals surface area contributed by atoms with Gasteiger partial charge in [-0.05, 0) is 79.6 Å². The number of pyridine rings is 2. The molecular formula is C37H34F3N5O9. The van der Waals surface area contributed by atoms with Gasteiger partial charge in [-0.25, -0.2) is 9.97 Å². The lowest BCUT2D eigenvalue weighted by Crippen LogP contribution is -2.60. The number of rotatable bonds is 11. The average molecular weight is 750 g/mol. The van der Waals surface area contributed by atoms with Gasteiger partial charge in [0.1, 0.15) is 41.7 Å². The summed E-state index contributed by atoms with van der Waals surface area (Å²) in [6.07, 6.45) is -8.52. The fraction of sp³-hybridized carbons (Fsp3) is 0.297. The number of aromatic nitrogens is 4. The van der Waals surface area contributed by atoms with Crippen LogP contribution in [0.4, 0.5) is 13.2 Å². The van der Waals surface area contributed by atoms with Gasteiger partial charge in [0.25, 0.3) is 5.56 Å². The Morgan fingerprint density at radius 2 is 1.61 bits per heavy atom. The van der Waals surface area contributed by atoms with Gasteiger partial charge in [-0.2, -0.15) is 0 Å². The number of benzene rings is 2. The molecule has 6 rings (SSSR count). The zero-order chi connectivity index (χ0) is 38.7. The van der Waals surface area contributed by atoms with E-state index in [0.29, 0.717) is 16.8 Å². The number of hydrogen-bond acceptors (Lipinski definition) is 12. The molecule has 0 bridgehead atoms. The normalized spacial score (nSPS) is 20.6. The minimum Gasteiger partial charge on any atom is -0.462 e. The van der Waals surface area contributed by atoms with Crippen LogP contribution in [0, 0.1) is 0 Å². The van der Waals surface area contributed by atoms with E-state index >= 15 is 0 Å². The summed E-state index contributed by atoms with van der Waals surface area (Å²) in [7, 11) is 0. The highest BCUT2D eigenvalue weighted by Crippen LogP contribution is 2.29. The monoisotopic (exact) mass is 749 g/mol. The van der Waals surface area contributed by atoms with Crippen molar-refractivity contribution < 1.29 is 52.3 Å². The van der Waals surface area contributed by atoms with Crippen LogP contribution in [0.25, 0.3) is 16.7 Å². The number of carbonyl (C=O) groups is 2. The van der Waals surface area contributed by atoms with E-state index in [1.165, 1.54) is 52.1 Å². The Morgan fingerprint density at radius 1 is 0.926 bits per heavy atom. The summed E-state index contributed by atoms with van der Waals surface area (Å²) in [4.78, 5) is 54.8. The van der Waals surface area contributed by atoms with E-state index in [4.69, 9.17) is 14.5 Å². The molecule has 1 amide bonds. The number of nitrogens with zero attached hydrogens (tertiary/aromatic N) is 5. The van der Waals surface area contributed by atoms with Gasteiger partial charge < -0.3 is 34.4 Å². The first-order valence-electron chi connectivity index (χ1n) is 16.6. The molecule has 1 saturated heterocycles. The lowest BCUT2D eigenvalue weighted by Gasteiger charge is -2.39. The molecule has 5 unspecified atom stereocenters. The van der Waals surface area contributed by atoms with E-state index in [2.05, 4.69) is 14.7 Å². The first-order chi connectivity index (χ1) is 25.7. The third-order valence-electron chi connectivity index (χ3n) is 8.74. The number of ketones is 1. The van der Waals surface area contributed by atoms with Crippen LogP contribution in [0.15, 0.2) is 96.2 Å². The largest absolute Gasteiger partial charge is 0.573 e. The molecule has 1 aliphatic rings. The number of alkyl halides is 3. The Balaban J connectivity index is 1.35. The second-order valence-corrected chi connectivity index (χ2v) is 12.5. The molecule has 17 heteroatoms. The van der Waals surface area contributed by atoms with E-state index in [-0.39, 0.29) is 35.6 Å². The van der Waals surface area contributed by atoms with Crippen LogP contribution < -0.4 is 15.0 Å². The Kier molecular flexibility index (Phi) is 11.0. The predicted octanol–water partition coefficient (Wildman–Crippen LogP) is 3.18. The Morgan fingerprint density at radius 3 is 2.26 bits per heavy atom. The maximum absolute atomic E-state index is 14.1. The van der Waals surface area contributed by atoms with Crippen LogP contribution in [-0.4, -0.2) is 88.5 Å². The zero-order valence-corrected chi connectivity index (χ0v) is 28.7. The van der Waals surface area contributed by atoms with Gasteiger partial charge in [-0.1, -0.05) is 18.2 Å². The molecular weight excluding hydrogens is 715 g/mol. The van der Waals surface area contributed by atoms with Gasteiger partial charge in [-0.15, -0.1) is 13.2 Å². The fourth-order valence-electron chi connectivity index (χ4n) is 6.01. The molecule has 14 nitrogen and oxygen atoms in total. The van der Waals surface area contributed by atoms with Crippen LogP contribution >= 0.6 is 0 Å². The summed E-state index contributed by atoms with van der Waals surface area (Å²) in [6, 6.07) is 16.5. The Labute approximate surface area is 305 Å². The second-order valence-electron chi connectivity index (χ2n) is 12.5. The minimum atomic E-state index is -4.88. The fourth-order valence-corrected chi connectivity index (χ4v) is 6.01. The third-order valence-corrected chi connectivity index (χ3v) is 8.74. The summed E-state index contributed by atoms with van der Waals surface area (Å²) < 4.78 is 54.6.